The van der Waals surface area contributed by atoms with Gasteiger partial charge >= 0.3 is 5.97 Å². The number of halogens is 1. The predicted octanol–water partition coefficient (Wildman–Crippen LogP) is 7.87. The molecule has 16 heteroatoms. The van der Waals surface area contributed by atoms with Gasteiger partial charge in [0.2, 0.25) is 0 Å². The van der Waals surface area contributed by atoms with Gasteiger partial charge in [-0.15, -0.1) is 0 Å². The second-order valence-corrected chi connectivity index (χ2v) is 29.2. The van der Waals surface area contributed by atoms with Crippen molar-refractivity contribution in [2.24, 2.45) is 0 Å². The Labute approximate surface area is 347 Å². The molecule has 3 heterocycles. The third kappa shape index (κ3) is 11.9. The fraction of sp³-hybridized carbons (Fsp3) is 0.600. The molecule has 1 aromatic carbocycles. The molecule has 0 amide bonds. The van der Waals surface area contributed by atoms with Crippen LogP contribution < -0.4 is 4.90 Å². The number of methoxy groups -OCH3 is 2. The van der Waals surface area contributed by atoms with Crippen LogP contribution in [-0.4, -0.2) is 119 Å². The number of aromatic nitrogens is 5. The van der Waals surface area contributed by atoms with Crippen molar-refractivity contribution in [3.63, 3.8) is 0 Å². The lowest BCUT2D eigenvalue weighted by atomic mass is 9.77. The van der Waals surface area contributed by atoms with Crippen molar-refractivity contribution in [1.82, 2.24) is 24.4 Å². The minimum Gasteiger partial charge on any atom is -0.461 e. The Bertz CT molecular complexity index is 1820. The Morgan fingerprint density at radius 2 is 1.48 bits per heavy atom. The zero-order valence-electron chi connectivity index (χ0n) is 34.5. The summed E-state index contributed by atoms with van der Waals surface area (Å²) in [5.74, 6) is 0.572. The summed E-state index contributed by atoms with van der Waals surface area (Å²) < 4.78 is 40.0. The van der Waals surface area contributed by atoms with E-state index in [9.17, 15) is 4.79 Å². The zero-order chi connectivity index (χ0) is 40.3. The maximum absolute atomic E-state index is 13.6. The molecule has 1 saturated carbocycles. The summed E-state index contributed by atoms with van der Waals surface area (Å²) in [5, 5.41) is 9.67. The van der Waals surface area contributed by atoms with Gasteiger partial charge in [-0.05, 0) is 72.5 Å². The van der Waals surface area contributed by atoms with E-state index in [1.54, 1.807) is 14.2 Å². The van der Waals surface area contributed by atoms with E-state index in [1.165, 1.54) is 0 Å². The van der Waals surface area contributed by atoms with E-state index in [2.05, 4.69) is 66.8 Å². The van der Waals surface area contributed by atoms with E-state index in [4.69, 9.17) is 43.6 Å². The van der Waals surface area contributed by atoms with E-state index < -0.39 is 21.7 Å². The molecule has 0 unspecified atom stereocenters. The number of anilines is 1. The number of ether oxygens (including phenoxy) is 6. The zero-order valence-corrected chi connectivity index (χ0v) is 38.7. The van der Waals surface area contributed by atoms with Crippen LogP contribution in [-0.2, 0) is 33.2 Å². The lowest BCUT2D eigenvalue weighted by Gasteiger charge is -2.38. The van der Waals surface area contributed by atoms with Crippen LogP contribution in [0.15, 0.2) is 48.9 Å². The van der Waals surface area contributed by atoms with Crippen LogP contribution in [0.5, 0.6) is 0 Å². The highest BCUT2D eigenvalue weighted by atomic mass is 127. The number of fused-ring (bicyclic) bond motifs is 1. The first-order valence-corrected chi connectivity index (χ1v) is 28.1. The molecule has 0 atom stereocenters. The van der Waals surface area contributed by atoms with Gasteiger partial charge in [-0.1, -0.05) is 57.5 Å². The molecule has 0 aliphatic heterocycles. The van der Waals surface area contributed by atoms with Gasteiger partial charge in [-0.3, -0.25) is 0 Å². The monoisotopic (exact) mass is 920 g/mol. The van der Waals surface area contributed by atoms with Crippen LogP contribution in [0.4, 0.5) is 5.82 Å². The Kier molecular flexibility index (Phi) is 16.1. The summed E-state index contributed by atoms with van der Waals surface area (Å²) in [5.41, 5.74) is 3.37. The molecule has 0 bridgehead atoms. The van der Waals surface area contributed by atoms with Crippen molar-refractivity contribution in [2.75, 3.05) is 72.2 Å². The van der Waals surface area contributed by atoms with Crippen LogP contribution in [0.25, 0.3) is 22.5 Å². The Hall–Kier alpha value is -2.72. The Morgan fingerprint density at radius 1 is 0.857 bits per heavy atom. The molecule has 0 saturated heterocycles. The van der Waals surface area contributed by atoms with E-state index in [0.717, 1.165) is 49.6 Å². The minimum absolute atomic E-state index is 0.0498. The van der Waals surface area contributed by atoms with Crippen LogP contribution >= 0.6 is 22.6 Å². The van der Waals surface area contributed by atoms with Crippen LogP contribution in [0.3, 0.4) is 0 Å². The standard InChI is InChI=1S/C40H61IN6O7Si2/c1-49-18-20-53-39(48)40(54-21-19-50-2)16-14-31(15-17-40)36-35(41)38(45(29-51-22-24-55(3,4)5)30-52-23-25-56(6,7)8)47-37(44-36)34(27-43-47)32-26-42-46(28-32)33-12-10-9-11-13-33/h9-13,26-28,31H,14-25,29-30H2,1-8H3. The van der Waals surface area contributed by atoms with Crippen molar-refractivity contribution in [2.45, 2.75) is 88.6 Å². The lowest BCUT2D eigenvalue weighted by molar-refractivity contribution is -0.181. The van der Waals surface area contributed by atoms with Gasteiger partial charge in [-0.2, -0.15) is 14.7 Å². The molecule has 0 N–H and O–H groups in total. The molecule has 0 radical (unpaired) electrons. The first-order chi connectivity index (χ1) is 26.7. The Morgan fingerprint density at radius 3 is 2.09 bits per heavy atom. The predicted molar refractivity (Wildman–Crippen MR) is 233 cm³/mol. The second-order valence-electron chi connectivity index (χ2n) is 16.9. The van der Waals surface area contributed by atoms with E-state index in [-0.39, 0.29) is 18.5 Å². The summed E-state index contributed by atoms with van der Waals surface area (Å²) in [6.07, 6.45) is 8.10. The highest BCUT2D eigenvalue weighted by Gasteiger charge is 2.45. The van der Waals surface area contributed by atoms with Gasteiger partial charge in [0.15, 0.2) is 17.1 Å². The van der Waals surface area contributed by atoms with Gasteiger partial charge in [0.05, 0.1) is 47.2 Å². The smallest absolute Gasteiger partial charge is 0.338 e. The molecule has 13 nitrogen and oxygen atoms in total. The van der Waals surface area contributed by atoms with Gasteiger partial charge in [-0.25, -0.2) is 14.5 Å². The largest absolute Gasteiger partial charge is 0.461 e. The number of hydrogen-bond acceptors (Lipinski definition) is 11. The minimum atomic E-state index is -1.31. The molecular formula is C40H61IN6O7Si2. The van der Waals surface area contributed by atoms with Crippen LogP contribution in [0, 0.1) is 3.57 Å². The molecule has 3 aromatic heterocycles. The van der Waals surface area contributed by atoms with Crippen LogP contribution in [0.1, 0.15) is 37.3 Å². The molecular weight excluding hydrogens is 860 g/mol. The average molecular weight is 921 g/mol. The third-order valence-corrected chi connectivity index (χ3v) is 14.5. The normalized spacial score (nSPS) is 17.8. The molecule has 0 spiro atoms. The molecule has 56 heavy (non-hydrogen) atoms. The fourth-order valence-electron chi connectivity index (χ4n) is 6.61. The average Bonchev–Trinajstić information content (AvgIpc) is 3.82. The van der Waals surface area contributed by atoms with Gasteiger partial charge < -0.3 is 33.3 Å². The number of hydrogen-bond donors (Lipinski definition) is 0. The molecule has 1 aliphatic rings. The molecule has 5 rings (SSSR count). The topological polar surface area (TPSA) is 124 Å². The maximum Gasteiger partial charge on any atom is 0.338 e. The quantitative estimate of drug-likeness (QED) is 0.0252. The summed E-state index contributed by atoms with van der Waals surface area (Å²) in [7, 11) is 0.599. The van der Waals surface area contributed by atoms with E-state index in [1.807, 2.05) is 58.1 Å². The van der Waals surface area contributed by atoms with Gasteiger partial charge in [0.25, 0.3) is 0 Å². The first-order valence-electron chi connectivity index (χ1n) is 19.6. The number of nitrogens with zero attached hydrogens (tertiary/aromatic N) is 6. The van der Waals surface area contributed by atoms with E-state index >= 15 is 0 Å². The SMILES string of the molecule is COCCOC(=O)C1(OCCOC)CCC(c2nc3c(-c4cnn(-c5ccccc5)c4)cnn3c(N(COCC[Si](C)(C)C)COCC[Si](C)(C)C)c2I)CC1. The summed E-state index contributed by atoms with van der Waals surface area (Å²) in [4.78, 5) is 21.1. The van der Waals surface area contributed by atoms with Gasteiger partial charge in [0, 0.05) is 66.8 Å². The summed E-state index contributed by atoms with van der Waals surface area (Å²) in [6, 6.07) is 12.2. The highest BCUT2D eigenvalue weighted by molar-refractivity contribution is 14.1. The fourth-order valence-corrected chi connectivity index (χ4v) is 9.25. The number of carbonyl (C=O) groups is 1. The number of benzene rings is 1. The second kappa shape index (κ2) is 20.3. The Balaban J connectivity index is 1.54. The number of para-hydroxylation sites is 1. The molecule has 4 aromatic rings. The van der Waals surface area contributed by atoms with Crippen molar-refractivity contribution < 1.29 is 33.2 Å². The number of esters is 1. The molecule has 308 valence electrons. The summed E-state index contributed by atoms with van der Waals surface area (Å²) >= 11 is 2.43. The lowest BCUT2D eigenvalue weighted by Crippen LogP contribution is -2.46. The van der Waals surface area contributed by atoms with Crippen molar-refractivity contribution in [3.8, 4) is 16.8 Å². The first kappa shape index (κ1) is 44.4. The van der Waals surface area contributed by atoms with Crippen molar-refractivity contribution in [3.05, 3.63) is 58.2 Å². The molecule has 1 aliphatic carbocycles. The highest BCUT2D eigenvalue weighted by Crippen LogP contribution is 2.44. The van der Waals surface area contributed by atoms with Gasteiger partial charge in [0.1, 0.15) is 20.1 Å². The number of carbonyl (C=O) groups excluding carboxylic acids is 1. The molecule has 1 fully saturated rings. The maximum atomic E-state index is 13.6. The van der Waals surface area contributed by atoms with Crippen molar-refractivity contribution in [1.29, 1.82) is 0 Å². The summed E-state index contributed by atoms with van der Waals surface area (Å²) in [6.45, 7) is 17.4. The van der Waals surface area contributed by atoms with Crippen LogP contribution in [0.2, 0.25) is 51.4 Å². The number of rotatable bonds is 22. The van der Waals surface area contributed by atoms with Crippen molar-refractivity contribution >= 4 is 56.2 Å². The third-order valence-electron chi connectivity index (χ3n) is 10.0. The van der Waals surface area contributed by atoms with E-state index in [0.29, 0.717) is 72.2 Å².